The van der Waals surface area contributed by atoms with Gasteiger partial charge in [-0.3, -0.25) is 14.5 Å². The Morgan fingerprint density at radius 1 is 1.26 bits per heavy atom. The average Bonchev–Trinajstić information content (AvgIpc) is 2.63. The first-order valence-corrected chi connectivity index (χ1v) is 10.8. The van der Waals surface area contributed by atoms with Crippen molar-refractivity contribution in [3.05, 3.63) is 27.9 Å². The number of carbonyl (C=O) groups is 1. The van der Waals surface area contributed by atoms with Crippen molar-refractivity contribution in [3.63, 3.8) is 0 Å². The molecule has 0 spiro atoms. The Bertz CT molecular complexity index is 813. The first-order chi connectivity index (χ1) is 12.7. The van der Waals surface area contributed by atoms with Crippen LogP contribution in [0.1, 0.15) is 24.6 Å². The van der Waals surface area contributed by atoms with Gasteiger partial charge in [0.1, 0.15) is 0 Å². The largest absolute Gasteiger partial charge is 0.354 e. The van der Waals surface area contributed by atoms with E-state index in [1.165, 1.54) is 10.9 Å². The molecular weight excluding hydrogens is 370 g/mol. The standard InChI is InChI=1S/C17H29N5O4S/c1-4-11-27(25,26)22-9-7-21(8-10-22)6-5-18-16(23)12-15-14(2)17(24)20(3)13-19-15/h13H,4-12H2,1-3H3,(H,18,23). The lowest BCUT2D eigenvalue weighted by atomic mass is 10.2. The molecule has 152 valence electrons. The highest BCUT2D eigenvalue weighted by Gasteiger charge is 2.25. The zero-order valence-corrected chi connectivity index (χ0v) is 17.1. The Morgan fingerprint density at radius 3 is 2.56 bits per heavy atom. The molecule has 1 amide bonds. The van der Waals surface area contributed by atoms with E-state index in [-0.39, 0.29) is 23.6 Å². The number of hydrogen-bond donors (Lipinski definition) is 1. The Kier molecular flexibility index (Phi) is 7.51. The van der Waals surface area contributed by atoms with Crippen LogP contribution in [0.3, 0.4) is 0 Å². The molecule has 2 rings (SSSR count). The van der Waals surface area contributed by atoms with Gasteiger partial charge in [-0.1, -0.05) is 6.92 Å². The van der Waals surface area contributed by atoms with Crippen LogP contribution in [-0.2, 0) is 28.3 Å². The van der Waals surface area contributed by atoms with Crippen molar-refractivity contribution in [1.29, 1.82) is 0 Å². The monoisotopic (exact) mass is 399 g/mol. The minimum Gasteiger partial charge on any atom is -0.354 e. The van der Waals surface area contributed by atoms with Gasteiger partial charge >= 0.3 is 0 Å². The maximum Gasteiger partial charge on any atom is 0.256 e. The summed E-state index contributed by atoms with van der Waals surface area (Å²) in [5, 5.41) is 2.84. The molecule has 1 aliphatic heterocycles. The summed E-state index contributed by atoms with van der Waals surface area (Å²) in [6, 6.07) is 0. The van der Waals surface area contributed by atoms with Gasteiger partial charge in [-0.25, -0.2) is 13.4 Å². The second-order valence-corrected chi connectivity index (χ2v) is 8.90. The predicted molar refractivity (Wildman–Crippen MR) is 103 cm³/mol. The summed E-state index contributed by atoms with van der Waals surface area (Å²) < 4.78 is 27.1. The Hall–Kier alpha value is -1.78. The summed E-state index contributed by atoms with van der Waals surface area (Å²) in [4.78, 5) is 30.3. The number of carbonyl (C=O) groups excluding carboxylic acids is 1. The third-order valence-corrected chi connectivity index (χ3v) is 6.80. The maximum absolute atomic E-state index is 12.1. The lowest BCUT2D eigenvalue weighted by Gasteiger charge is -2.33. The molecule has 0 aliphatic carbocycles. The number of nitrogens with one attached hydrogen (secondary N) is 1. The molecule has 1 aromatic heterocycles. The molecule has 1 saturated heterocycles. The van der Waals surface area contributed by atoms with E-state index in [0.717, 1.165) is 0 Å². The Labute approximate surface area is 160 Å². The molecule has 0 aromatic carbocycles. The van der Waals surface area contributed by atoms with Crippen molar-refractivity contribution in [2.24, 2.45) is 7.05 Å². The van der Waals surface area contributed by atoms with Gasteiger partial charge < -0.3 is 9.88 Å². The molecule has 10 heteroatoms. The van der Waals surface area contributed by atoms with Crippen LogP contribution in [0.5, 0.6) is 0 Å². The van der Waals surface area contributed by atoms with E-state index in [4.69, 9.17) is 0 Å². The van der Waals surface area contributed by atoms with Gasteiger partial charge in [0.05, 0.1) is 24.2 Å². The van der Waals surface area contributed by atoms with Crippen molar-refractivity contribution in [2.45, 2.75) is 26.7 Å². The topological polar surface area (TPSA) is 105 Å². The van der Waals surface area contributed by atoms with Crippen LogP contribution >= 0.6 is 0 Å². The van der Waals surface area contributed by atoms with Crippen molar-refractivity contribution in [1.82, 2.24) is 24.1 Å². The highest BCUT2D eigenvalue weighted by molar-refractivity contribution is 7.89. The summed E-state index contributed by atoms with van der Waals surface area (Å²) in [6.45, 7) is 6.98. The molecule has 1 aliphatic rings. The van der Waals surface area contributed by atoms with Gasteiger partial charge in [0.15, 0.2) is 0 Å². The van der Waals surface area contributed by atoms with E-state index in [1.54, 1.807) is 18.3 Å². The van der Waals surface area contributed by atoms with Crippen LogP contribution in [0.4, 0.5) is 0 Å². The Morgan fingerprint density at radius 2 is 1.93 bits per heavy atom. The summed E-state index contributed by atoms with van der Waals surface area (Å²) in [7, 11) is -1.51. The fourth-order valence-electron chi connectivity index (χ4n) is 3.06. The van der Waals surface area contributed by atoms with Gasteiger partial charge in [0.2, 0.25) is 15.9 Å². The van der Waals surface area contributed by atoms with E-state index in [1.807, 2.05) is 6.92 Å². The minimum absolute atomic E-state index is 0.0744. The number of amides is 1. The first-order valence-electron chi connectivity index (χ1n) is 9.22. The van der Waals surface area contributed by atoms with E-state index >= 15 is 0 Å². The molecule has 1 aromatic rings. The number of aromatic nitrogens is 2. The number of aryl methyl sites for hydroxylation is 1. The number of piperazine rings is 1. The SMILES string of the molecule is CCCS(=O)(=O)N1CCN(CCNC(=O)Cc2ncn(C)c(=O)c2C)CC1. The van der Waals surface area contributed by atoms with Gasteiger partial charge in [-0.15, -0.1) is 0 Å². The van der Waals surface area contributed by atoms with E-state index in [0.29, 0.717) is 56.9 Å². The van der Waals surface area contributed by atoms with Gasteiger partial charge in [0, 0.05) is 51.9 Å². The molecule has 1 fully saturated rings. The number of rotatable bonds is 8. The lowest BCUT2D eigenvalue weighted by Crippen LogP contribution is -2.50. The van der Waals surface area contributed by atoms with Crippen molar-refractivity contribution < 1.29 is 13.2 Å². The number of hydrogen-bond acceptors (Lipinski definition) is 6. The van der Waals surface area contributed by atoms with Crippen LogP contribution in [0.2, 0.25) is 0 Å². The second-order valence-electron chi connectivity index (χ2n) is 6.82. The molecule has 0 saturated carbocycles. The zero-order valence-electron chi connectivity index (χ0n) is 16.3. The first kappa shape index (κ1) is 21.5. The van der Waals surface area contributed by atoms with Crippen molar-refractivity contribution in [3.8, 4) is 0 Å². The third-order valence-electron chi connectivity index (χ3n) is 4.73. The zero-order chi connectivity index (χ0) is 20.0. The lowest BCUT2D eigenvalue weighted by molar-refractivity contribution is -0.120. The van der Waals surface area contributed by atoms with Crippen LogP contribution in [0.15, 0.2) is 11.1 Å². The molecule has 1 N–H and O–H groups in total. The summed E-state index contributed by atoms with van der Waals surface area (Å²) in [5.41, 5.74) is 0.827. The van der Waals surface area contributed by atoms with Crippen molar-refractivity contribution >= 4 is 15.9 Å². The predicted octanol–water partition coefficient (Wildman–Crippen LogP) is -0.895. The molecule has 9 nitrogen and oxygen atoms in total. The molecule has 0 bridgehead atoms. The summed E-state index contributed by atoms with van der Waals surface area (Å²) in [6.07, 6.45) is 2.12. The van der Waals surface area contributed by atoms with E-state index in [9.17, 15) is 18.0 Å². The van der Waals surface area contributed by atoms with Crippen LogP contribution in [-0.4, -0.2) is 78.1 Å². The molecular formula is C17H29N5O4S. The maximum atomic E-state index is 12.1. The Balaban J connectivity index is 1.74. The number of nitrogens with zero attached hydrogens (tertiary/aromatic N) is 4. The van der Waals surface area contributed by atoms with Crippen LogP contribution in [0.25, 0.3) is 0 Å². The van der Waals surface area contributed by atoms with Crippen LogP contribution < -0.4 is 10.9 Å². The van der Waals surface area contributed by atoms with Crippen LogP contribution in [0, 0.1) is 6.92 Å². The second kappa shape index (κ2) is 9.43. The van der Waals surface area contributed by atoms with Gasteiger partial charge in [-0.05, 0) is 13.3 Å². The molecule has 27 heavy (non-hydrogen) atoms. The summed E-state index contributed by atoms with van der Waals surface area (Å²) >= 11 is 0. The molecule has 0 unspecified atom stereocenters. The van der Waals surface area contributed by atoms with Gasteiger partial charge in [0.25, 0.3) is 5.56 Å². The van der Waals surface area contributed by atoms with E-state index in [2.05, 4.69) is 15.2 Å². The average molecular weight is 400 g/mol. The third kappa shape index (κ3) is 5.85. The van der Waals surface area contributed by atoms with Crippen molar-refractivity contribution in [2.75, 3.05) is 45.0 Å². The minimum atomic E-state index is -3.13. The summed E-state index contributed by atoms with van der Waals surface area (Å²) in [5.74, 6) is 0.0158. The van der Waals surface area contributed by atoms with Gasteiger partial charge in [-0.2, -0.15) is 4.31 Å². The fraction of sp³-hybridized carbons (Fsp3) is 0.706. The number of sulfonamides is 1. The smallest absolute Gasteiger partial charge is 0.256 e. The molecule has 2 heterocycles. The fourth-order valence-corrected chi connectivity index (χ4v) is 4.55. The quantitative estimate of drug-likeness (QED) is 0.608. The highest BCUT2D eigenvalue weighted by atomic mass is 32.2. The molecule has 0 atom stereocenters. The molecule has 0 radical (unpaired) electrons. The normalized spacial score (nSPS) is 16.4. The van der Waals surface area contributed by atoms with E-state index < -0.39 is 10.0 Å². The highest BCUT2D eigenvalue weighted by Crippen LogP contribution is 2.08.